The summed E-state index contributed by atoms with van der Waals surface area (Å²) in [7, 11) is 0. The molecular formula is C17H33N3O3. The lowest BCUT2D eigenvalue weighted by Gasteiger charge is -2.23. The molecule has 0 rings (SSSR count). The Balaban J connectivity index is 4.84. The fourth-order valence-electron chi connectivity index (χ4n) is 2.15. The van der Waals surface area contributed by atoms with Crippen molar-refractivity contribution in [3.05, 3.63) is 0 Å². The zero-order valence-electron chi connectivity index (χ0n) is 15.4. The first kappa shape index (κ1) is 21.6. The first-order valence-corrected chi connectivity index (χ1v) is 8.13. The van der Waals surface area contributed by atoms with E-state index in [2.05, 4.69) is 10.6 Å². The van der Waals surface area contributed by atoms with E-state index < -0.39 is 6.04 Å². The normalized spacial score (nSPS) is 13.3. The lowest BCUT2D eigenvalue weighted by atomic mass is 9.88. The Labute approximate surface area is 140 Å². The lowest BCUT2D eigenvalue weighted by Crippen LogP contribution is -2.49. The quantitative estimate of drug-likeness (QED) is 0.627. The Morgan fingerprint density at radius 1 is 0.957 bits per heavy atom. The highest BCUT2D eigenvalue weighted by atomic mass is 16.2. The van der Waals surface area contributed by atoms with Gasteiger partial charge >= 0.3 is 0 Å². The van der Waals surface area contributed by atoms with Crippen LogP contribution in [0, 0.1) is 10.8 Å². The number of amides is 2. The summed E-state index contributed by atoms with van der Waals surface area (Å²) < 4.78 is 0. The van der Waals surface area contributed by atoms with Crippen LogP contribution < -0.4 is 16.4 Å². The molecule has 0 radical (unpaired) electrons. The van der Waals surface area contributed by atoms with E-state index in [0.717, 1.165) is 0 Å². The third-order valence-corrected chi connectivity index (χ3v) is 2.95. The van der Waals surface area contributed by atoms with E-state index in [1.54, 1.807) is 0 Å². The molecule has 0 aliphatic carbocycles. The van der Waals surface area contributed by atoms with E-state index in [4.69, 9.17) is 5.73 Å². The molecule has 0 aromatic heterocycles. The van der Waals surface area contributed by atoms with Crippen LogP contribution in [-0.4, -0.2) is 36.7 Å². The molecule has 0 bridgehead atoms. The molecule has 6 heteroatoms. The molecule has 0 aliphatic rings. The molecule has 2 amide bonds. The SMILES string of the molecule is CC(C)(C)CC(=O)CC(NC(=O)CC(C)(C)C)C(=O)NCCN. The summed E-state index contributed by atoms with van der Waals surface area (Å²) in [5.41, 5.74) is 5.05. The van der Waals surface area contributed by atoms with Gasteiger partial charge in [-0.05, 0) is 10.8 Å². The topological polar surface area (TPSA) is 101 Å². The van der Waals surface area contributed by atoms with Crippen LogP contribution in [0.3, 0.4) is 0 Å². The van der Waals surface area contributed by atoms with E-state index in [1.807, 2.05) is 41.5 Å². The average molecular weight is 327 g/mol. The minimum absolute atomic E-state index is 0.00353. The van der Waals surface area contributed by atoms with Crippen molar-refractivity contribution in [1.82, 2.24) is 10.6 Å². The maximum Gasteiger partial charge on any atom is 0.243 e. The van der Waals surface area contributed by atoms with E-state index >= 15 is 0 Å². The summed E-state index contributed by atoms with van der Waals surface area (Å²) in [6, 6.07) is -0.841. The molecule has 23 heavy (non-hydrogen) atoms. The number of Topliss-reactive ketones (excluding diaryl/α,β-unsaturated/α-hetero) is 1. The summed E-state index contributed by atoms with van der Waals surface area (Å²) in [4.78, 5) is 36.4. The second kappa shape index (κ2) is 9.01. The Bertz CT molecular complexity index is 390. The predicted octanol–water partition coefficient (Wildman–Crippen LogP) is 1.38. The van der Waals surface area contributed by atoms with Gasteiger partial charge in [-0.15, -0.1) is 0 Å². The molecule has 0 fully saturated rings. The van der Waals surface area contributed by atoms with Gasteiger partial charge < -0.3 is 16.4 Å². The van der Waals surface area contributed by atoms with Gasteiger partial charge in [-0.2, -0.15) is 0 Å². The Hall–Kier alpha value is -1.43. The Kier molecular flexibility index (Phi) is 8.45. The van der Waals surface area contributed by atoms with Crippen LogP contribution in [0.1, 0.15) is 60.8 Å². The highest BCUT2D eigenvalue weighted by Crippen LogP contribution is 2.21. The van der Waals surface area contributed by atoms with Gasteiger partial charge in [0.05, 0.1) is 0 Å². The number of nitrogens with one attached hydrogen (secondary N) is 2. The van der Waals surface area contributed by atoms with Gasteiger partial charge in [0.1, 0.15) is 11.8 Å². The third kappa shape index (κ3) is 11.8. The molecule has 0 aliphatic heterocycles. The van der Waals surface area contributed by atoms with Crippen molar-refractivity contribution in [2.75, 3.05) is 13.1 Å². The number of hydrogen-bond acceptors (Lipinski definition) is 4. The van der Waals surface area contributed by atoms with Crippen LogP contribution in [0.2, 0.25) is 0 Å². The van der Waals surface area contributed by atoms with Gasteiger partial charge in [-0.25, -0.2) is 0 Å². The van der Waals surface area contributed by atoms with Crippen molar-refractivity contribution < 1.29 is 14.4 Å². The minimum atomic E-state index is -0.841. The molecule has 0 aromatic carbocycles. The number of hydrogen-bond donors (Lipinski definition) is 3. The molecule has 134 valence electrons. The highest BCUT2D eigenvalue weighted by molar-refractivity contribution is 5.92. The first-order valence-electron chi connectivity index (χ1n) is 8.13. The van der Waals surface area contributed by atoms with Gasteiger partial charge in [0.2, 0.25) is 11.8 Å². The van der Waals surface area contributed by atoms with Crippen LogP contribution in [-0.2, 0) is 14.4 Å². The Morgan fingerprint density at radius 2 is 1.48 bits per heavy atom. The first-order chi connectivity index (χ1) is 10.3. The van der Waals surface area contributed by atoms with Crippen molar-refractivity contribution in [2.45, 2.75) is 66.8 Å². The largest absolute Gasteiger partial charge is 0.353 e. The second-order valence-corrected chi connectivity index (χ2v) is 8.42. The van der Waals surface area contributed by atoms with Crippen LogP contribution in [0.15, 0.2) is 0 Å². The number of carbonyl (C=O) groups excluding carboxylic acids is 3. The summed E-state index contributed by atoms with van der Waals surface area (Å²) in [6.45, 7) is 12.4. The fourth-order valence-corrected chi connectivity index (χ4v) is 2.15. The molecule has 1 unspecified atom stereocenters. The molecule has 1 atom stereocenters. The summed E-state index contributed by atoms with van der Waals surface area (Å²) >= 11 is 0. The summed E-state index contributed by atoms with van der Waals surface area (Å²) in [5.74, 6) is -0.629. The average Bonchev–Trinajstić information content (AvgIpc) is 2.30. The van der Waals surface area contributed by atoms with Crippen molar-refractivity contribution >= 4 is 17.6 Å². The minimum Gasteiger partial charge on any atom is -0.353 e. The molecule has 0 heterocycles. The number of ketones is 1. The van der Waals surface area contributed by atoms with Crippen LogP contribution in [0.4, 0.5) is 0 Å². The van der Waals surface area contributed by atoms with E-state index in [9.17, 15) is 14.4 Å². The molecule has 0 saturated carbocycles. The second-order valence-electron chi connectivity index (χ2n) is 8.42. The molecule has 6 nitrogen and oxygen atoms in total. The van der Waals surface area contributed by atoms with Gasteiger partial charge in [0.25, 0.3) is 0 Å². The fraction of sp³-hybridized carbons (Fsp3) is 0.824. The van der Waals surface area contributed by atoms with Crippen molar-refractivity contribution in [2.24, 2.45) is 16.6 Å². The molecule has 4 N–H and O–H groups in total. The number of nitrogens with two attached hydrogens (primary N) is 1. The molecule has 0 aromatic rings. The molecule has 0 saturated heterocycles. The van der Waals surface area contributed by atoms with Gasteiger partial charge in [0.15, 0.2) is 0 Å². The van der Waals surface area contributed by atoms with Gasteiger partial charge in [0, 0.05) is 32.4 Å². The maximum atomic E-state index is 12.2. The Morgan fingerprint density at radius 3 is 1.91 bits per heavy atom. The zero-order chi connectivity index (χ0) is 18.3. The van der Waals surface area contributed by atoms with E-state index in [-0.39, 0.29) is 34.8 Å². The van der Waals surface area contributed by atoms with E-state index in [0.29, 0.717) is 25.9 Å². The number of rotatable bonds is 8. The summed E-state index contributed by atoms with van der Waals surface area (Å²) in [6.07, 6.45) is 0.660. The molecular weight excluding hydrogens is 294 g/mol. The van der Waals surface area contributed by atoms with Crippen LogP contribution in [0.25, 0.3) is 0 Å². The lowest BCUT2D eigenvalue weighted by molar-refractivity contribution is -0.132. The predicted molar refractivity (Wildman–Crippen MR) is 91.8 cm³/mol. The van der Waals surface area contributed by atoms with E-state index in [1.165, 1.54) is 0 Å². The third-order valence-electron chi connectivity index (χ3n) is 2.95. The zero-order valence-corrected chi connectivity index (χ0v) is 15.4. The van der Waals surface area contributed by atoms with Crippen molar-refractivity contribution in [3.63, 3.8) is 0 Å². The standard InChI is InChI=1S/C17H33N3O3/c1-16(2,3)10-12(21)9-13(15(23)19-8-7-18)20-14(22)11-17(4,5)6/h13H,7-11,18H2,1-6H3,(H,19,23)(H,20,22). The van der Waals surface area contributed by atoms with Crippen molar-refractivity contribution in [1.29, 1.82) is 0 Å². The van der Waals surface area contributed by atoms with Crippen LogP contribution >= 0.6 is 0 Å². The van der Waals surface area contributed by atoms with Crippen molar-refractivity contribution in [3.8, 4) is 0 Å². The summed E-state index contributed by atoms with van der Waals surface area (Å²) in [5, 5.41) is 5.32. The maximum absolute atomic E-state index is 12.2. The molecule has 0 spiro atoms. The van der Waals surface area contributed by atoms with Gasteiger partial charge in [-0.1, -0.05) is 41.5 Å². The smallest absolute Gasteiger partial charge is 0.243 e. The van der Waals surface area contributed by atoms with Crippen LogP contribution in [0.5, 0.6) is 0 Å². The monoisotopic (exact) mass is 327 g/mol. The van der Waals surface area contributed by atoms with Gasteiger partial charge in [-0.3, -0.25) is 14.4 Å². The number of carbonyl (C=O) groups is 3. The highest BCUT2D eigenvalue weighted by Gasteiger charge is 2.27.